The summed E-state index contributed by atoms with van der Waals surface area (Å²) in [4.78, 5) is 13.0. The van der Waals surface area contributed by atoms with Crippen LogP contribution in [0.25, 0.3) is 0 Å². The van der Waals surface area contributed by atoms with Gasteiger partial charge in [0.1, 0.15) is 0 Å². The van der Waals surface area contributed by atoms with Crippen LogP contribution in [0.4, 0.5) is 5.69 Å². The van der Waals surface area contributed by atoms with Crippen molar-refractivity contribution < 1.29 is 4.92 Å². The fourth-order valence-corrected chi connectivity index (χ4v) is 4.06. The topological polar surface area (TPSA) is 58.4 Å². The normalized spacial score (nSPS) is 29.6. The van der Waals surface area contributed by atoms with Crippen LogP contribution in [0.2, 0.25) is 0 Å². The first-order valence-electron chi connectivity index (χ1n) is 6.93. The summed E-state index contributed by atoms with van der Waals surface area (Å²) >= 11 is 3.36. The molecule has 1 N–H and O–H groups in total. The van der Waals surface area contributed by atoms with E-state index in [1.54, 1.807) is 12.1 Å². The molecule has 0 spiro atoms. The number of hydrogen-bond donors (Lipinski definition) is 1. The lowest BCUT2D eigenvalue weighted by molar-refractivity contribution is -0.385. The number of nitro benzene ring substituents is 1. The van der Waals surface area contributed by atoms with Crippen molar-refractivity contribution in [1.29, 1.82) is 0 Å². The van der Waals surface area contributed by atoms with Crippen LogP contribution in [0.15, 0.2) is 22.7 Å². The molecule has 2 saturated heterocycles. The molecule has 1 aromatic carbocycles. The van der Waals surface area contributed by atoms with Crippen molar-refractivity contribution in [3.05, 3.63) is 38.3 Å². The minimum Gasteiger partial charge on any atom is -0.316 e. The lowest BCUT2D eigenvalue weighted by Crippen LogP contribution is -2.32. The Balaban J connectivity index is 1.76. The Kier molecular flexibility index (Phi) is 3.79. The second-order valence-electron chi connectivity index (χ2n) is 5.83. The highest BCUT2D eigenvalue weighted by molar-refractivity contribution is 9.10. The zero-order chi connectivity index (χ0) is 14.3. The summed E-state index contributed by atoms with van der Waals surface area (Å²) < 4.78 is 0.774. The van der Waals surface area contributed by atoms with E-state index in [-0.39, 0.29) is 10.6 Å². The lowest BCUT2D eigenvalue weighted by Gasteiger charge is -2.24. The van der Waals surface area contributed by atoms with E-state index in [1.807, 2.05) is 6.07 Å². The Morgan fingerprint density at radius 3 is 2.95 bits per heavy atom. The Hall–Kier alpha value is -0.980. The monoisotopic (exact) mass is 339 g/mol. The summed E-state index contributed by atoms with van der Waals surface area (Å²) in [6.07, 6.45) is 0. The number of fused-ring (bicyclic) bond motifs is 1. The van der Waals surface area contributed by atoms with E-state index in [0.29, 0.717) is 6.04 Å². The third-order valence-electron chi connectivity index (χ3n) is 4.60. The van der Waals surface area contributed by atoms with Gasteiger partial charge in [-0.25, -0.2) is 0 Å². The van der Waals surface area contributed by atoms with Crippen LogP contribution in [-0.4, -0.2) is 35.5 Å². The summed E-state index contributed by atoms with van der Waals surface area (Å²) in [6.45, 7) is 6.34. The molecular weight excluding hydrogens is 322 g/mol. The van der Waals surface area contributed by atoms with Gasteiger partial charge < -0.3 is 5.32 Å². The number of rotatable bonds is 3. The van der Waals surface area contributed by atoms with Gasteiger partial charge in [0.05, 0.1) is 4.92 Å². The Morgan fingerprint density at radius 1 is 1.45 bits per heavy atom. The molecule has 2 heterocycles. The Bertz CT molecular complexity index is 537. The molecule has 2 fully saturated rings. The maximum Gasteiger partial charge on any atom is 0.270 e. The molecule has 1 aromatic rings. The first kappa shape index (κ1) is 14.0. The SMILES string of the molecule is CC1C2CNCC2CN1Cc1cc(Br)cc([N+](=O)[O-])c1. The fraction of sp³-hybridized carbons (Fsp3) is 0.571. The van der Waals surface area contributed by atoms with Crippen LogP contribution in [0, 0.1) is 22.0 Å². The zero-order valence-corrected chi connectivity index (χ0v) is 13.0. The minimum absolute atomic E-state index is 0.156. The van der Waals surface area contributed by atoms with Gasteiger partial charge in [0.15, 0.2) is 0 Å². The molecule has 0 bridgehead atoms. The number of benzene rings is 1. The molecule has 0 aromatic heterocycles. The average molecular weight is 340 g/mol. The van der Waals surface area contributed by atoms with Crippen molar-refractivity contribution in [3.8, 4) is 0 Å². The molecule has 3 atom stereocenters. The molecule has 5 nitrogen and oxygen atoms in total. The largest absolute Gasteiger partial charge is 0.316 e. The van der Waals surface area contributed by atoms with Crippen molar-refractivity contribution >= 4 is 21.6 Å². The van der Waals surface area contributed by atoms with E-state index in [2.05, 4.69) is 33.1 Å². The van der Waals surface area contributed by atoms with Crippen LogP contribution in [0.1, 0.15) is 12.5 Å². The molecule has 0 saturated carbocycles. The maximum absolute atomic E-state index is 10.9. The maximum atomic E-state index is 10.9. The first-order chi connectivity index (χ1) is 9.54. The van der Waals surface area contributed by atoms with Crippen LogP contribution in [0.5, 0.6) is 0 Å². The average Bonchev–Trinajstić information content (AvgIpc) is 2.94. The molecule has 2 aliphatic rings. The summed E-state index contributed by atoms with van der Waals surface area (Å²) in [6, 6.07) is 5.75. The van der Waals surface area contributed by atoms with E-state index >= 15 is 0 Å². The third-order valence-corrected chi connectivity index (χ3v) is 5.05. The summed E-state index contributed by atoms with van der Waals surface area (Å²) in [5, 5.41) is 14.4. The van der Waals surface area contributed by atoms with E-state index in [0.717, 1.165) is 48.1 Å². The minimum atomic E-state index is -0.333. The highest BCUT2D eigenvalue weighted by Gasteiger charge is 2.41. The molecule has 3 rings (SSSR count). The smallest absolute Gasteiger partial charge is 0.270 e. The van der Waals surface area contributed by atoms with E-state index < -0.39 is 0 Å². The van der Waals surface area contributed by atoms with Crippen molar-refractivity contribution in [2.24, 2.45) is 11.8 Å². The number of halogens is 1. The van der Waals surface area contributed by atoms with Gasteiger partial charge in [0.25, 0.3) is 5.69 Å². The molecule has 20 heavy (non-hydrogen) atoms. The predicted octanol–water partition coefficient (Wildman–Crippen LogP) is 2.40. The number of likely N-dealkylation sites (tertiary alicyclic amines) is 1. The van der Waals surface area contributed by atoms with Crippen LogP contribution >= 0.6 is 15.9 Å². The number of nitrogens with one attached hydrogen (secondary N) is 1. The highest BCUT2D eigenvalue weighted by atomic mass is 79.9. The zero-order valence-electron chi connectivity index (χ0n) is 11.4. The van der Waals surface area contributed by atoms with Crippen molar-refractivity contribution in [2.75, 3.05) is 19.6 Å². The Labute approximate surface area is 126 Å². The number of nitrogens with zero attached hydrogens (tertiary/aromatic N) is 2. The Morgan fingerprint density at radius 2 is 2.25 bits per heavy atom. The van der Waals surface area contributed by atoms with Crippen molar-refractivity contribution in [1.82, 2.24) is 10.2 Å². The van der Waals surface area contributed by atoms with Gasteiger partial charge in [0.2, 0.25) is 0 Å². The summed E-state index contributed by atoms with van der Waals surface area (Å²) in [5.74, 6) is 1.45. The third kappa shape index (κ3) is 2.60. The van der Waals surface area contributed by atoms with Crippen LogP contribution in [-0.2, 0) is 6.54 Å². The molecule has 2 aliphatic heterocycles. The standard InChI is InChI=1S/C14H18BrN3O2/c1-9-14-6-16-5-11(14)8-17(9)7-10-2-12(15)4-13(3-10)18(19)20/h2-4,9,11,14,16H,5-8H2,1H3. The molecular formula is C14H18BrN3O2. The first-order valence-corrected chi connectivity index (χ1v) is 7.72. The summed E-state index contributed by atoms with van der Waals surface area (Å²) in [5.41, 5.74) is 1.16. The second-order valence-corrected chi connectivity index (χ2v) is 6.74. The van der Waals surface area contributed by atoms with Gasteiger partial charge in [-0.2, -0.15) is 0 Å². The van der Waals surface area contributed by atoms with Gasteiger partial charge >= 0.3 is 0 Å². The number of hydrogen-bond acceptors (Lipinski definition) is 4. The van der Waals surface area contributed by atoms with Gasteiger partial charge in [-0.3, -0.25) is 15.0 Å². The van der Waals surface area contributed by atoms with Gasteiger partial charge in [-0.15, -0.1) is 0 Å². The molecule has 0 amide bonds. The van der Waals surface area contributed by atoms with E-state index in [1.165, 1.54) is 0 Å². The van der Waals surface area contributed by atoms with Gasteiger partial charge in [0, 0.05) is 35.7 Å². The van der Waals surface area contributed by atoms with Crippen LogP contribution in [0.3, 0.4) is 0 Å². The number of non-ortho nitro benzene ring substituents is 1. The van der Waals surface area contributed by atoms with E-state index in [4.69, 9.17) is 0 Å². The van der Waals surface area contributed by atoms with Crippen LogP contribution < -0.4 is 5.32 Å². The predicted molar refractivity (Wildman–Crippen MR) is 80.5 cm³/mol. The lowest BCUT2D eigenvalue weighted by atomic mass is 9.95. The number of nitro groups is 1. The highest BCUT2D eigenvalue weighted by Crippen LogP contribution is 2.34. The molecule has 0 aliphatic carbocycles. The van der Waals surface area contributed by atoms with Gasteiger partial charge in [-0.1, -0.05) is 15.9 Å². The molecule has 6 heteroatoms. The molecule has 0 radical (unpaired) electrons. The molecule has 108 valence electrons. The van der Waals surface area contributed by atoms with Crippen molar-refractivity contribution in [3.63, 3.8) is 0 Å². The summed E-state index contributed by atoms with van der Waals surface area (Å²) in [7, 11) is 0. The second kappa shape index (κ2) is 5.42. The molecule has 3 unspecified atom stereocenters. The quantitative estimate of drug-likeness (QED) is 0.678. The van der Waals surface area contributed by atoms with Gasteiger partial charge in [-0.05, 0) is 43.5 Å². The van der Waals surface area contributed by atoms with Crippen molar-refractivity contribution in [2.45, 2.75) is 19.5 Å². The fourth-order valence-electron chi connectivity index (χ4n) is 3.53. The van der Waals surface area contributed by atoms with E-state index in [9.17, 15) is 10.1 Å².